The Kier molecular flexibility index (Phi) is 12.7. The van der Waals surface area contributed by atoms with Crippen LogP contribution >= 0.6 is 0 Å². The van der Waals surface area contributed by atoms with Gasteiger partial charge in [-0.05, 0) is 31.0 Å². The molecule has 6 nitrogen and oxygen atoms in total. The molecular formula is C23H30INO5. The lowest BCUT2D eigenvalue weighted by Gasteiger charge is -2.10. The molecule has 0 saturated carbocycles. The van der Waals surface area contributed by atoms with Crippen molar-refractivity contribution in [2.75, 3.05) is 20.3 Å². The van der Waals surface area contributed by atoms with Crippen molar-refractivity contribution in [2.24, 2.45) is 7.05 Å². The summed E-state index contributed by atoms with van der Waals surface area (Å²) in [5.41, 5.74) is 1.03. The quantitative estimate of drug-likeness (QED) is 0.178. The first kappa shape index (κ1) is 25.9. The van der Waals surface area contributed by atoms with Crippen LogP contribution in [0.4, 0.5) is 0 Å². The summed E-state index contributed by atoms with van der Waals surface area (Å²) in [6.45, 7) is 1.02. The molecule has 7 heteroatoms. The first-order valence-electron chi connectivity index (χ1n) is 10.0. The van der Waals surface area contributed by atoms with Crippen LogP contribution in [0.2, 0.25) is 0 Å². The van der Waals surface area contributed by atoms with E-state index >= 15 is 0 Å². The number of hydrogen-bond donors (Lipinski definition) is 0. The Hall–Kier alpha value is -2.16. The molecule has 2 aromatic rings. The number of carbonyl (C=O) groups is 2. The van der Waals surface area contributed by atoms with Crippen LogP contribution in [0, 0.1) is 0 Å². The molecule has 2 rings (SSSR count). The van der Waals surface area contributed by atoms with Gasteiger partial charge >= 0.3 is 11.9 Å². The molecule has 0 aliphatic heterocycles. The second kappa shape index (κ2) is 14.8. The third-order valence-corrected chi connectivity index (χ3v) is 4.50. The summed E-state index contributed by atoms with van der Waals surface area (Å²) >= 11 is 0. The number of unbranched alkanes of at least 4 members (excludes halogenated alkanes) is 5. The van der Waals surface area contributed by atoms with Crippen LogP contribution < -0.4 is 33.3 Å². The maximum atomic E-state index is 11.9. The van der Waals surface area contributed by atoms with Gasteiger partial charge in [-0.3, -0.25) is 0 Å². The minimum atomic E-state index is -0.387. The number of para-hydroxylation sites is 1. The predicted octanol–water partition coefficient (Wildman–Crippen LogP) is 0.878. The maximum Gasteiger partial charge on any atom is 0.344 e. The number of methoxy groups -OCH3 is 1. The second-order valence-corrected chi connectivity index (χ2v) is 6.85. The number of ether oxygens (including phenoxy) is 3. The highest BCUT2D eigenvalue weighted by molar-refractivity contribution is 5.92. The van der Waals surface area contributed by atoms with Crippen LogP contribution in [0.15, 0.2) is 48.8 Å². The summed E-state index contributed by atoms with van der Waals surface area (Å²) in [6.07, 6.45) is 9.71. The smallest absolute Gasteiger partial charge is 0.344 e. The first-order chi connectivity index (χ1) is 14.1. The van der Waals surface area contributed by atoms with E-state index in [1.807, 2.05) is 29.9 Å². The van der Waals surface area contributed by atoms with Crippen molar-refractivity contribution in [3.05, 3.63) is 59.9 Å². The molecule has 0 fully saturated rings. The Bertz CT molecular complexity index is 797. The van der Waals surface area contributed by atoms with Crippen molar-refractivity contribution in [2.45, 2.75) is 38.5 Å². The van der Waals surface area contributed by atoms with Gasteiger partial charge < -0.3 is 38.2 Å². The Labute approximate surface area is 195 Å². The molecule has 0 aliphatic carbocycles. The van der Waals surface area contributed by atoms with E-state index in [1.54, 1.807) is 30.5 Å². The molecule has 1 aromatic heterocycles. The van der Waals surface area contributed by atoms with Gasteiger partial charge in [-0.2, -0.15) is 0 Å². The van der Waals surface area contributed by atoms with Crippen LogP contribution in [0.1, 0.15) is 59.2 Å². The van der Waals surface area contributed by atoms with Crippen LogP contribution in [0.5, 0.6) is 5.75 Å². The fraction of sp³-hybridized carbons (Fsp3) is 0.435. The van der Waals surface area contributed by atoms with E-state index in [-0.39, 0.29) is 35.9 Å². The minimum absolute atomic E-state index is 0. The van der Waals surface area contributed by atoms with Gasteiger partial charge in [-0.15, -0.1) is 0 Å². The van der Waals surface area contributed by atoms with Gasteiger partial charge in [0.1, 0.15) is 23.9 Å². The van der Waals surface area contributed by atoms with Gasteiger partial charge in [0, 0.05) is 6.07 Å². The zero-order chi connectivity index (χ0) is 20.9. The summed E-state index contributed by atoms with van der Waals surface area (Å²) < 4.78 is 17.6. The number of aromatic nitrogens is 1. The fourth-order valence-electron chi connectivity index (χ4n) is 2.92. The predicted molar refractivity (Wildman–Crippen MR) is 109 cm³/mol. The number of pyridine rings is 1. The van der Waals surface area contributed by atoms with Crippen molar-refractivity contribution in [3.8, 4) is 5.75 Å². The van der Waals surface area contributed by atoms with E-state index < -0.39 is 0 Å². The number of halogens is 1. The van der Waals surface area contributed by atoms with E-state index in [1.165, 1.54) is 7.11 Å². The Morgan fingerprint density at radius 3 is 2.23 bits per heavy atom. The van der Waals surface area contributed by atoms with Crippen LogP contribution in [-0.4, -0.2) is 32.3 Å². The summed E-state index contributed by atoms with van der Waals surface area (Å²) in [5, 5.41) is 0. The summed E-state index contributed by atoms with van der Waals surface area (Å²) in [5.74, 6) is -0.0961. The number of rotatable bonds is 12. The van der Waals surface area contributed by atoms with Crippen molar-refractivity contribution in [1.29, 1.82) is 0 Å². The van der Waals surface area contributed by atoms with Crippen molar-refractivity contribution in [3.63, 3.8) is 0 Å². The van der Waals surface area contributed by atoms with Crippen LogP contribution in [-0.2, 0) is 16.5 Å². The molecule has 30 heavy (non-hydrogen) atoms. The van der Waals surface area contributed by atoms with Gasteiger partial charge in [-0.25, -0.2) is 14.2 Å². The Balaban J connectivity index is 0.00000450. The van der Waals surface area contributed by atoms with E-state index in [0.29, 0.717) is 30.1 Å². The highest BCUT2D eigenvalue weighted by Gasteiger charge is 2.12. The molecule has 0 saturated heterocycles. The van der Waals surface area contributed by atoms with E-state index in [9.17, 15) is 9.59 Å². The molecule has 0 unspecified atom stereocenters. The normalized spacial score (nSPS) is 10.1. The SMILES string of the molecule is COC(=O)c1ccccc1OCCCCCCCCOC(=O)c1ccc[n+](C)c1.[I-]. The van der Waals surface area contributed by atoms with Crippen LogP contribution in [0.3, 0.4) is 0 Å². The number of carbonyl (C=O) groups excluding carboxylic acids is 2. The molecule has 0 aliphatic rings. The first-order valence-corrected chi connectivity index (χ1v) is 10.0. The Morgan fingerprint density at radius 2 is 1.53 bits per heavy atom. The number of aryl methyl sites for hydroxylation is 1. The number of hydrogen-bond acceptors (Lipinski definition) is 5. The van der Waals surface area contributed by atoms with Crippen molar-refractivity contribution >= 4 is 11.9 Å². The third kappa shape index (κ3) is 9.11. The number of nitrogens with zero attached hydrogens (tertiary/aromatic N) is 1. The van der Waals surface area contributed by atoms with E-state index in [2.05, 4.69) is 0 Å². The molecule has 0 atom stereocenters. The highest BCUT2D eigenvalue weighted by Crippen LogP contribution is 2.19. The molecule has 0 amide bonds. The van der Waals surface area contributed by atoms with E-state index in [4.69, 9.17) is 14.2 Å². The third-order valence-electron chi connectivity index (χ3n) is 4.50. The molecule has 1 aromatic carbocycles. The molecule has 0 radical (unpaired) electrons. The van der Waals surface area contributed by atoms with Crippen molar-refractivity contribution < 1.29 is 52.3 Å². The minimum Gasteiger partial charge on any atom is -1.00 e. The topological polar surface area (TPSA) is 65.7 Å². The maximum absolute atomic E-state index is 11.9. The van der Waals surface area contributed by atoms with Gasteiger partial charge in [0.25, 0.3) is 0 Å². The zero-order valence-electron chi connectivity index (χ0n) is 17.6. The number of benzene rings is 1. The second-order valence-electron chi connectivity index (χ2n) is 6.85. The lowest BCUT2D eigenvalue weighted by molar-refractivity contribution is -0.671. The van der Waals surface area contributed by atoms with Crippen molar-refractivity contribution in [1.82, 2.24) is 0 Å². The molecule has 0 bridgehead atoms. The summed E-state index contributed by atoms with van der Waals surface area (Å²) in [7, 11) is 3.24. The number of esters is 2. The molecule has 1 heterocycles. The average Bonchev–Trinajstić information content (AvgIpc) is 2.74. The molecule has 164 valence electrons. The summed E-state index contributed by atoms with van der Waals surface area (Å²) in [6, 6.07) is 10.7. The van der Waals surface area contributed by atoms with E-state index in [0.717, 1.165) is 38.5 Å². The zero-order valence-corrected chi connectivity index (χ0v) is 19.8. The van der Waals surface area contributed by atoms with Gasteiger partial charge in [0.2, 0.25) is 0 Å². The standard InChI is InChI=1S/C23H30NO5.HI/c1-24-15-11-12-19(18-24)22(25)29-17-10-6-4-3-5-9-16-28-21-14-8-7-13-20(21)23(26)27-2;/h7-8,11-15,18H,3-6,9-10,16-17H2,1-2H3;1H/q+1;/p-1. The van der Waals surface area contributed by atoms with Gasteiger partial charge in [0.05, 0.1) is 20.3 Å². The van der Waals surface area contributed by atoms with Gasteiger partial charge in [-0.1, -0.05) is 37.8 Å². The van der Waals surface area contributed by atoms with Gasteiger partial charge in [0.15, 0.2) is 12.4 Å². The summed E-state index contributed by atoms with van der Waals surface area (Å²) in [4.78, 5) is 23.6. The average molecular weight is 527 g/mol. The Morgan fingerprint density at radius 1 is 0.867 bits per heavy atom. The largest absolute Gasteiger partial charge is 1.00 e. The monoisotopic (exact) mass is 527 g/mol. The fourth-order valence-corrected chi connectivity index (χ4v) is 2.92. The lowest BCUT2D eigenvalue weighted by atomic mass is 10.1. The highest BCUT2D eigenvalue weighted by atomic mass is 127. The van der Waals surface area contributed by atoms with Crippen LogP contribution in [0.25, 0.3) is 0 Å². The molecule has 0 spiro atoms. The lowest BCUT2D eigenvalue weighted by Crippen LogP contribution is -3.00. The molecular weight excluding hydrogens is 497 g/mol. The molecule has 0 N–H and O–H groups in total.